The standard InChI is InChI=1S/C4H6N2O3/c7-4(6(8)9)5-2-1-3-5/h1-3H2. The molecule has 50 valence electrons. The molecule has 1 aliphatic rings. The van der Waals surface area contributed by atoms with Crippen LogP contribution >= 0.6 is 0 Å². The molecular formula is C4H6N2O3. The Morgan fingerprint density at radius 3 is 2.22 bits per heavy atom. The molecule has 0 aliphatic carbocycles. The lowest BCUT2D eigenvalue weighted by Gasteiger charge is -2.21. The summed E-state index contributed by atoms with van der Waals surface area (Å²) in [5.74, 6) is 0. The first-order valence-electron chi connectivity index (χ1n) is 2.65. The van der Waals surface area contributed by atoms with Gasteiger partial charge in [0.1, 0.15) is 0 Å². The minimum Gasteiger partial charge on any atom is -0.355 e. The van der Waals surface area contributed by atoms with Crippen LogP contribution in [0.1, 0.15) is 6.42 Å². The number of nitro groups is 1. The maximum Gasteiger partial charge on any atom is 0.534 e. The van der Waals surface area contributed by atoms with Crippen molar-refractivity contribution in [3.63, 3.8) is 0 Å². The second-order valence-corrected chi connectivity index (χ2v) is 1.88. The van der Waals surface area contributed by atoms with Gasteiger partial charge in [0.05, 0.1) is 13.1 Å². The first-order chi connectivity index (χ1) is 4.22. The number of hydrogen-bond acceptors (Lipinski definition) is 3. The number of rotatable bonds is 0. The molecule has 1 rings (SSSR count). The lowest BCUT2D eigenvalue weighted by atomic mass is 10.2. The number of urea groups is 1. The highest BCUT2D eigenvalue weighted by Gasteiger charge is 2.30. The number of carbonyl (C=O) groups excluding carboxylic acids is 1. The van der Waals surface area contributed by atoms with Crippen LogP contribution in [0.15, 0.2) is 0 Å². The number of hydrogen-bond donors (Lipinski definition) is 0. The molecule has 0 radical (unpaired) electrons. The molecule has 1 saturated heterocycles. The van der Waals surface area contributed by atoms with Gasteiger partial charge in [0.25, 0.3) is 0 Å². The normalized spacial score (nSPS) is 16.7. The second kappa shape index (κ2) is 2.00. The van der Waals surface area contributed by atoms with Crippen molar-refractivity contribution in [3.05, 3.63) is 10.1 Å². The topological polar surface area (TPSA) is 63.5 Å². The first kappa shape index (κ1) is 6.00. The summed E-state index contributed by atoms with van der Waals surface area (Å²) in [6.07, 6.45) is 0.888. The van der Waals surface area contributed by atoms with Gasteiger partial charge in [0.2, 0.25) is 0 Å². The van der Waals surface area contributed by atoms with Crippen molar-refractivity contribution in [2.75, 3.05) is 13.1 Å². The van der Waals surface area contributed by atoms with Gasteiger partial charge in [-0.25, -0.2) is 4.90 Å². The van der Waals surface area contributed by atoms with Gasteiger partial charge in [-0.3, -0.25) is 0 Å². The summed E-state index contributed by atoms with van der Waals surface area (Å²) >= 11 is 0. The predicted octanol–water partition coefficient (Wildman–Crippen LogP) is 0.0888. The van der Waals surface area contributed by atoms with E-state index in [0.717, 1.165) is 6.42 Å². The molecule has 0 saturated carbocycles. The predicted molar refractivity (Wildman–Crippen MR) is 28.6 cm³/mol. The van der Waals surface area contributed by atoms with Crippen molar-refractivity contribution in [1.29, 1.82) is 0 Å². The van der Waals surface area contributed by atoms with Gasteiger partial charge >= 0.3 is 6.03 Å². The van der Waals surface area contributed by atoms with E-state index in [9.17, 15) is 14.9 Å². The highest BCUT2D eigenvalue weighted by atomic mass is 16.6. The molecule has 1 fully saturated rings. The molecule has 0 aromatic carbocycles. The summed E-state index contributed by atoms with van der Waals surface area (Å²) in [6.45, 7) is 1.08. The summed E-state index contributed by atoms with van der Waals surface area (Å²) in [5, 5.41) is 9.75. The van der Waals surface area contributed by atoms with Crippen molar-refractivity contribution in [2.45, 2.75) is 6.42 Å². The van der Waals surface area contributed by atoms with Gasteiger partial charge in [-0.2, -0.15) is 4.79 Å². The van der Waals surface area contributed by atoms with E-state index in [0.29, 0.717) is 13.1 Å². The quantitative estimate of drug-likeness (QED) is 0.344. The second-order valence-electron chi connectivity index (χ2n) is 1.88. The number of likely N-dealkylation sites (tertiary alicyclic amines) is 1. The van der Waals surface area contributed by atoms with Gasteiger partial charge in [-0.05, 0) is 0 Å². The van der Waals surface area contributed by atoms with E-state index in [1.807, 2.05) is 0 Å². The fourth-order valence-electron chi connectivity index (χ4n) is 0.623. The minimum atomic E-state index is -0.971. The smallest absolute Gasteiger partial charge is 0.355 e. The summed E-state index contributed by atoms with van der Waals surface area (Å²) < 4.78 is 0. The molecule has 0 bridgehead atoms. The average Bonchev–Trinajstić information content (AvgIpc) is 1.60. The SMILES string of the molecule is O=C(N1CCC1)[N+](=O)[O-]. The van der Waals surface area contributed by atoms with Gasteiger partial charge < -0.3 is 10.1 Å². The molecule has 9 heavy (non-hydrogen) atoms. The Morgan fingerprint density at radius 2 is 2.11 bits per heavy atom. The van der Waals surface area contributed by atoms with Crippen LogP contribution in [-0.4, -0.2) is 28.9 Å². The molecule has 0 unspecified atom stereocenters. The molecule has 2 amide bonds. The molecule has 1 heterocycles. The van der Waals surface area contributed by atoms with Crippen LogP contribution in [0.25, 0.3) is 0 Å². The Hall–Kier alpha value is -1.13. The largest absolute Gasteiger partial charge is 0.534 e. The summed E-state index contributed by atoms with van der Waals surface area (Å²) in [5.41, 5.74) is 0. The van der Waals surface area contributed by atoms with E-state index >= 15 is 0 Å². The molecular weight excluding hydrogens is 124 g/mol. The summed E-state index contributed by atoms with van der Waals surface area (Å²) in [4.78, 5) is 20.4. The Balaban J connectivity index is 2.42. The third-order valence-corrected chi connectivity index (χ3v) is 1.28. The van der Waals surface area contributed by atoms with E-state index in [-0.39, 0.29) is 0 Å². The third-order valence-electron chi connectivity index (χ3n) is 1.28. The van der Waals surface area contributed by atoms with Crippen molar-refractivity contribution < 1.29 is 9.72 Å². The van der Waals surface area contributed by atoms with Crippen molar-refractivity contribution in [1.82, 2.24) is 4.90 Å². The van der Waals surface area contributed by atoms with E-state index in [4.69, 9.17) is 0 Å². The molecule has 5 heteroatoms. The van der Waals surface area contributed by atoms with E-state index in [2.05, 4.69) is 0 Å². The van der Waals surface area contributed by atoms with Crippen LogP contribution in [0, 0.1) is 10.1 Å². The third kappa shape index (κ3) is 0.984. The van der Waals surface area contributed by atoms with Crippen LogP contribution in [0.3, 0.4) is 0 Å². The highest BCUT2D eigenvalue weighted by Crippen LogP contribution is 2.06. The average molecular weight is 130 g/mol. The molecule has 0 N–H and O–H groups in total. The van der Waals surface area contributed by atoms with Crippen molar-refractivity contribution in [2.24, 2.45) is 0 Å². The van der Waals surface area contributed by atoms with Gasteiger partial charge in [-0.15, -0.1) is 0 Å². The first-order valence-corrected chi connectivity index (χ1v) is 2.65. The Morgan fingerprint density at radius 1 is 1.56 bits per heavy atom. The Labute approximate surface area is 51.4 Å². The maximum atomic E-state index is 10.4. The summed E-state index contributed by atoms with van der Waals surface area (Å²) in [6, 6.07) is -0.971. The lowest BCUT2D eigenvalue weighted by Crippen LogP contribution is -2.44. The monoisotopic (exact) mass is 130 g/mol. The fourth-order valence-corrected chi connectivity index (χ4v) is 0.623. The Kier molecular flexibility index (Phi) is 1.33. The molecule has 0 aromatic heterocycles. The van der Waals surface area contributed by atoms with E-state index < -0.39 is 11.0 Å². The van der Waals surface area contributed by atoms with Crippen molar-refractivity contribution in [3.8, 4) is 0 Å². The van der Waals surface area contributed by atoms with Crippen LogP contribution in [0.2, 0.25) is 0 Å². The maximum absolute atomic E-state index is 10.4. The zero-order valence-electron chi connectivity index (χ0n) is 4.74. The zero-order chi connectivity index (χ0) is 6.85. The number of carbonyl (C=O) groups is 1. The number of amides is 2. The lowest BCUT2D eigenvalue weighted by molar-refractivity contribution is -0.386. The van der Waals surface area contributed by atoms with Crippen LogP contribution in [-0.2, 0) is 0 Å². The van der Waals surface area contributed by atoms with Crippen molar-refractivity contribution >= 4 is 6.03 Å². The summed E-state index contributed by atoms with van der Waals surface area (Å²) in [7, 11) is 0. The van der Waals surface area contributed by atoms with Gasteiger partial charge in [-0.1, -0.05) is 0 Å². The molecule has 0 atom stereocenters. The molecule has 0 spiro atoms. The minimum absolute atomic E-state index is 0.541. The zero-order valence-corrected chi connectivity index (χ0v) is 4.74. The van der Waals surface area contributed by atoms with Gasteiger partial charge in [0, 0.05) is 11.3 Å². The van der Waals surface area contributed by atoms with Crippen LogP contribution in [0.5, 0.6) is 0 Å². The van der Waals surface area contributed by atoms with E-state index in [1.54, 1.807) is 0 Å². The van der Waals surface area contributed by atoms with Crippen LogP contribution < -0.4 is 0 Å². The van der Waals surface area contributed by atoms with Gasteiger partial charge in [0.15, 0.2) is 0 Å². The fraction of sp³-hybridized carbons (Fsp3) is 0.750. The molecule has 5 nitrogen and oxygen atoms in total. The highest BCUT2D eigenvalue weighted by molar-refractivity contribution is 5.66. The van der Waals surface area contributed by atoms with Crippen LogP contribution in [0.4, 0.5) is 4.79 Å². The Bertz CT molecular complexity index is 152. The molecule has 0 aromatic rings. The molecule has 1 aliphatic heterocycles. The number of nitrogens with zero attached hydrogens (tertiary/aromatic N) is 2. The van der Waals surface area contributed by atoms with E-state index in [1.165, 1.54) is 4.90 Å².